The maximum Gasteiger partial charge on any atom is 0.251 e. The van der Waals surface area contributed by atoms with Crippen molar-refractivity contribution in [1.29, 1.82) is 0 Å². The van der Waals surface area contributed by atoms with E-state index >= 15 is 0 Å². The lowest BCUT2D eigenvalue weighted by molar-refractivity contribution is -0.120. The fourth-order valence-electron chi connectivity index (χ4n) is 3.22. The van der Waals surface area contributed by atoms with E-state index < -0.39 is 0 Å². The minimum Gasteiger partial charge on any atom is -0.496 e. The smallest absolute Gasteiger partial charge is 0.251 e. The second-order valence-corrected chi connectivity index (χ2v) is 7.12. The van der Waals surface area contributed by atoms with Crippen LogP contribution < -0.4 is 15.5 Å². The van der Waals surface area contributed by atoms with Gasteiger partial charge < -0.3 is 14.8 Å². The second-order valence-electron chi connectivity index (χ2n) is 7.12. The van der Waals surface area contributed by atoms with Crippen molar-refractivity contribution in [3.05, 3.63) is 65.2 Å². The van der Waals surface area contributed by atoms with Gasteiger partial charge >= 0.3 is 0 Å². The Bertz CT molecular complexity index is 896. The average molecular weight is 425 g/mol. The monoisotopic (exact) mass is 424 g/mol. The molecular formula is C23H28N4O4. The molecule has 0 bridgehead atoms. The number of carbonyl (C=O) groups is 2. The van der Waals surface area contributed by atoms with Gasteiger partial charge in [0.15, 0.2) is 0 Å². The summed E-state index contributed by atoms with van der Waals surface area (Å²) < 4.78 is 10.9. The number of hydrogen-bond donors (Lipinski definition) is 2. The number of benzene rings is 2. The fraction of sp³-hybridized carbons (Fsp3) is 0.348. The molecule has 0 aromatic heterocycles. The van der Waals surface area contributed by atoms with E-state index in [0.29, 0.717) is 5.56 Å². The SMILES string of the molecule is COc1ccc(/C=N/NC(=O)CCNC(=O)c2ccccc2)cc1CN1CCOCC1. The van der Waals surface area contributed by atoms with Gasteiger partial charge in [0.2, 0.25) is 5.91 Å². The van der Waals surface area contributed by atoms with Gasteiger partial charge in [-0.2, -0.15) is 5.10 Å². The van der Waals surface area contributed by atoms with Crippen LogP contribution in [0.5, 0.6) is 5.75 Å². The number of amides is 2. The van der Waals surface area contributed by atoms with Gasteiger partial charge in [-0.1, -0.05) is 18.2 Å². The highest BCUT2D eigenvalue weighted by atomic mass is 16.5. The van der Waals surface area contributed by atoms with E-state index in [0.717, 1.165) is 49.7 Å². The van der Waals surface area contributed by atoms with Gasteiger partial charge in [-0.05, 0) is 35.9 Å². The van der Waals surface area contributed by atoms with Crippen molar-refractivity contribution >= 4 is 18.0 Å². The maximum absolute atomic E-state index is 12.0. The summed E-state index contributed by atoms with van der Waals surface area (Å²) in [6, 6.07) is 14.7. The first-order valence-corrected chi connectivity index (χ1v) is 10.3. The zero-order valence-corrected chi connectivity index (χ0v) is 17.7. The molecule has 1 saturated heterocycles. The van der Waals surface area contributed by atoms with Crippen molar-refractivity contribution in [2.45, 2.75) is 13.0 Å². The summed E-state index contributed by atoms with van der Waals surface area (Å²) in [5, 5.41) is 6.75. The molecule has 1 aliphatic rings. The van der Waals surface area contributed by atoms with Gasteiger partial charge in [-0.3, -0.25) is 14.5 Å². The highest BCUT2D eigenvalue weighted by Crippen LogP contribution is 2.21. The molecule has 2 N–H and O–H groups in total. The average Bonchev–Trinajstić information content (AvgIpc) is 2.80. The highest BCUT2D eigenvalue weighted by Gasteiger charge is 2.13. The summed E-state index contributed by atoms with van der Waals surface area (Å²) in [5.74, 6) is 0.344. The molecule has 3 rings (SSSR count). The lowest BCUT2D eigenvalue weighted by Gasteiger charge is -2.27. The quantitative estimate of drug-likeness (QED) is 0.473. The third kappa shape index (κ3) is 7.20. The molecule has 31 heavy (non-hydrogen) atoms. The van der Waals surface area contributed by atoms with Crippen molar-refractivity contribution in [3.63, 3.8) is 0 Å². The standard InChI is InChI=1S/C23H28N4O4/c1-30-21-8-7-18(15-20(21)17-27-11-13-31-14-12-27)16-25-26-22(28)9-10-24-23(29)19-5-3-2-4-6-19/h2-8,15-16H,9-14,17H2,1H3,(H,24,29)(H,26,28)/b25-16+. The van der Waals surface area contributed by atoms with Crippen LogP contribution in [-0.4, -0.2) is 62.9 Å². The first-order chi connectivity index (χ1) is 15.2. The van der Waals surface area contributed by atoms with E-state index in [1.807, 2.05) is 24.3 Å². The highest BCUT2D eigenvalue weighted by molar-refractivity contribution is 5.94. The molecule has 8 nitrogen and oxygen atoms in total. The Hall–Kier alpha value is -3.23. The van der Waals surface area contributed by atoms with Crippen molar-refractivity contribution in [1.82, 2.24) is 15.6 Å². The number of morpholine rings is 1. The predicted octanol–water partition coefficient (Wildman–Crippen LogP) is 1.80. The first kappa shape index (κ1) is 22.5. The number of hydrogen-bond acceptors (Lipinski definition) is 6. The van der Waals surface area contributed by atoms with Crippen LogP contribution in [0.1, 0.15) is 27.9 Å². The number of ether oxygens (including phenoxy) is 2. The molecule has 8 heteroatoms. The summed E-state index contributed by atoms with van der Waals surface area (Å²) in [6.07, 6.45) is 1.74. The van der Waals surface area contributed by atoms with E-state index in [-0.39, 0.29) is 24.8 Å². The van der Waals surface area contributed by atoms with Crippen molar-refractivity contribution in [3.8, 4) is 5.75 Å². The summed E-state index contributed by atoms with van der Waals surface area (Å²) in [7, 11) is 1.66. The molecule has 0 spiro atoms. The normalized spacial score (nSPS) is 14.4. The largest absolute Gasteiger partial charge is 0.496 e. The Labute approximate surface area is 182 Å². The molecule has 164 valence electrons. The summed E-state index contributed by atoms with van der Waals surface area (Å²) in [6.45, 7) is 4.25. The third-order valence-corrected chi connectivity index (χ3v) is 4.88. The Morgan fingerprint density at radius 1 is 1.16 bits per heavy atom. The number of rotatable bonds is 9. The molecule has 1 heterocycles. The molecule has 0 radical (unpaired) electrons. The molecule has 1 aliphatic heterocycles. The lowest BCUT2D eigenvalue weighted by atomic mass is 10.1. The molecule has 0 unspecified atom stereocenters. The minimum absolute atomic E-state index is 0.140. The number of methoxy groups -OCH3 is 1. The molecule has 0 saturated carbocycles. The van der Waals surface area contributed by atoms with Gasteiger partial charge in [0.1, 0.15) is 5.75 Å². The van der Waals surface area contributed by atoms with Gasteiger partial charge in [0.25, 0.3) is 5.91 Å². The van der Waals surface area contributed by atoms with Crippen LogP contribution in [0.2, 0.25) is 0 Å². The number of nitrogens with one attached hydrogen (secondary N) is 2. The zero-order chi connectivity index (χ0) is 21.9. The maximum atomic E-state index is 12.0. The second kappa shape index (κ2) is 11.8. The Morgan fingerprint density at radius 2 is 1.94 bits per heavy atom. The molecule has 1 fully saturated rings. The fourth-order valence-corrected chi connectivity index (χ4v) is 3.22. The molecular weight excluding hydrogens is 396 g/mol. The molecule has 2 aromatic carbocycles. The van der Waals surface area contributed by atoms with Crippen molar-refractivity contribution in [2.75, 3.05) is 40.0 Å². The van der Waals surface area contributed by atoms with Gasteiger partial charge in [0.05, 0.1) is 26.5 Å². The first-order valence-electron chi connectivity index (χ1n) is 10.3. The number of nitrogens with zero attached hydrogens (tertiary/aromatic N) is 2. The predicted molar refractivity (Wildman–Crippen MR) is 118 cm³/mol. The summed E-state index contributed by atoms with van der Waals surface area (Å²) >= 11 is 0. The molecule has 0 atom stereocenters. The summed E-state index contributed by atoms with van der Waals surface area (Å²) in [4.78, 5) is 26.2. The van der Waals surface area contributed by atoms with E-state index in [4.69, 9.17) is 9.47 Å². The lowest BCUT2D eigenvalue weighted by Crippen LogP contribution is -2.35. The van der Waals surface area contributed by atoms with Crippen LogP contribution in [-0.2, 0) is 16.1 Å². The van der Waals surface area contributed by atoms with Crippen LogP contribution in [0.25, 0.3) is 0 Å². The van der Waals surface area contributed by atoms with Gasteiger partial charge in [-0.15, -0.1) is 0 Å². The van der Waals surface area contributed by atoms with Crippen LogP contribution in [0, 0.1) is 0 Å². The third-order valence-electron chi connectivity index (χ3n) is 4.88. The van der Waals surface area contributed by atoms with E-state index in [1.165, 1.54) is 0 Å². The van der Waals surface area contributed by atoms with Crippen LogP contribution in [0.4, 0.5) is 0 Å². The summed E-state index contributed by atoms with van der Waals surface area (Å²) in [5.41, 5.74) is 4.98. The topological polar surface area (TPSA) is 92.3 Å². The van der Waals surface area contributed by atoms with E-state index in [9.17, 15) is 9.59 Å². The number of hydrazone groups is 1. The van der Waals surface area contributed by atoms with Gasteiger partial charge in [-0.25, -0.2) is 5.43 Å². The molecule has 0 aliphatic carbocycles. The molecule has 2 aromatic rings. The van der Waals surface area contributed by atoms with Crippen molar-refractivity contribution < 1.29 is 19.1 Å². The Balaban J connectivity index is 1.46. The van der Waals surface area contributed by atoms with Crippen LogP contribution in [0.15, 0.2) is 53.6 Å². The van der Waals surface area contributed by atoms with E-state index in [2.05, 4.69) is 20.7 Å². The molecule has 2 amide bonds. The Kier molecular flexibility index (Phi) is 8.57. The van der Waals surface area contributed by atoms with Crippen molar-refractivity contribution in [2.24, 2.45) is 5.10 Å². The zero-order valence-electron chi connectivity index (χ0n) is 17.7. The van der Waals surface area contributed by atoms with Crippen LogP contribution in [0.3, 0.4) is 0 Å². The van der Waals surface area contributed by atoms with Crippen LogP contribution >= 0.6 is 0 Å². The minimum atomic E-state index is -0.272. The van der Waals surface area contributed by atoms with E-state index in [1.54, 1.807) is 37.6 Å². The Morgan fingerprint density at radius 3 is 2.68 bits per heavy atom. The number of carbonyl (C=O) groups excluding carboxylic acids is 2. The van der Waals surface area contributed by atoms with Gasteiger partial charge in [0, 0.05) is 43.7 Å².